The Kier molecular flexibility index (Phi) is 5.77. The van der Waals surface area contributed by atoms with Crippen LogP contribution in [0, 0.1) is 12.7 Å². The van der Waals surface area contributed by atoms with Crippen LogP contribution in [0.1, 0.15) is 26.5 Å². The lowest BCUT2D eigenvalue weighted by Gasteiger charge is -2.26. The van der Waals surface area contributed by atoms with E-state index < -0.39 is 33.2 Å². The van der Waals surface area contributed by atoms with Crippen LogP contribution in [0.15, 0.2) is 39.8 Å². The van der Waals surface area contributed by atoms with E-state index in [9.17, 15) is 22.4 Å². The number of hydrogen-bond donors (Lipinski definition) is 2. The fourth-order valence-corrected chi connectivity index (χ4v) is 4.08. The molecule has 2 amide bonds. The summed E-state index contributed by atoms with van der Waals surface area (Å²) in [4.78, 5) is 24.0. The van der Waals surface area contributed by atoms with Gasteiger partial charge in [-0.3, -0.25) is 20.4 Å². The average Bonchev–Trinajstić information content (AvgIpc) is 3.12. The van der Waals surface area contributed by atoms with Crippen LogP contribution in [0.5, 0.6) is 0 Å². The maximum atomic E-state index is 14.1. The molecule has 1 aromatic heterocycles. The highest BCUT2D eigenvalue weighted by Gasteiger charge is 2.28. The number of amides is 2. The van der Waals surface area contributed by atoms with Gasteiger partial charge < -0.3 is 9.15 Å². The molecule has 1 aliphatic rings. The van der Waals surface area contributed by atoms with Crippen molar-refractivity contribution >= 4 is 21.8 Å². The van der Waals surface area contributed by atoms with Gasteiger partial charge in [0, 0.05) is 13.1 Å². The smallest absolute Gasteiger partial charge is 0.273 e. The SMILES string of the molecule is Cc1occc1C(=O)NNC(=O)c1cc(S(=O)(=O)N2CCOCC2)ccc1F. The minimum Gasteiger partial charge on any atom is -0.469 e. The largest absolute Gasteiger partial charge is 0.469 e. The Bertz CT molecular complexity index is 998. The van der Waals surface area contributed by atoms with E-state index in [0.29, 0.717) is 5.76 Å². The highest BCUT2D eigenvalue weighted by Crippen LogP contribution is 2.20. The molecule has 11 heteroatoms. The van der Waals surface area contributed by atoms with Gasteiger partial charge in [0.1, 0.15) is 11.6 Å². The van der Waals surface area contributed by atoms with Gasteiger partial charge in [0.05, 0.1) is 35.5 Å². The molecule has 0 aliphatic carbocycles. The summed E-state index contributed by atoms with van der Waals surface area (Å²) in [7, 11) is -3.90. The Morgan fingerprint density at radius 2 is 1.71 bits per heavy atom. The minimum absolute atomic E-state index is 0.168. The molecule has 1 aliphatic heterocycles. The molecule has 28 heavy (non-hydrogen) atoms. The summed E-state index contributed by atoms with van der Waals surface area (Å²) in [5.41, 5.74) is 3.88. The number of sulfonamides is 1. The first-order chi connectivity index (χ1) is 13.3. The van der Waals surface area contributed by atoms with Crippen molar-refractivity contribution in [2.24, 2.45) is 0 Å². The number of morpholine rings is 1. The second-order valence-corrected chi connectivity index (χ2v) is 7.89. The number of furan rings is 1. The number of ether oxygens (including phenoxy) is 1. The Morgan fingerprint density at radius 1 is 1.07 bits per heavy atom. The number of nitrogens with one attached hydrogen (secondary N) is 2. The monoisotopic (exact) mass is 411 g/mol. The van der Waals surface area contributed by atoms with Crippen molar-refractivity contribution in [1.82, 2.24) is 15.2 Å². The maximum absolute atomic E-state index is 14.1. The molecule has 0 radical (unpaired) electrons. The van der Waals surface area contributed by atoms with Crippen LogP contribution in [0.3, 0.4) is 0 Å². The van der Waals surface area contributed by atoms with Gasteiger partial charge in [-0.2, -0.15) is 4.31 Å². The molecule has 1 aromatic carbocycles. The van der Waals surface area contributed by atoms with E-state index in [1.807, 2.05) is 0 Å². The molecule has 150 valence electrons. The van der Waals surface area contributed by atoms with Gasteiger partial charge >= 0.3 is 0 Å². The Morgan fingerprint density at radius 3 is 2.32 bits per heavy atom. The summed E-state index contributed by atoms with van der Waals surface area (Å²) in [6.45, 7) is 2.42. The quantitative estimate of drug-likeness (QED) is 0.720. The van der Waals surface area contributed by atoms with E-state index in [2.05, 4.69) is 10.9 Å². The van der Waals surface area contributed by atoms with E-state index in [1.54, 1.807) is 6.92 Å². The lowest BCUT2D eigenvalue weighted by molar-refractivity contribution is 0.0730. The highest BCUT2D eigenvalue weighted by molar-refractivity contribution is 7.89. The van der Waals surface area contributed by atoms with Gasteiger partial charge in [-0.25, -0.2) is 12.8 Å². The van der Waals surface area contributed by atoms with Crippen molar-refractivity contribution in [2.45, 2.75) is 11.8 Å². The standard InChI is InChI=1S/C17H18FN3O6S/c1-11-13(4-7-27-11)16(22)19-20-17(23)14-10-12(2-3-15(14)18)28(24,25)21-5-8-26-9-6-21/h2-4,7,10H,5-6,8-9H2,1H3,(H,19,22)(H,20,23). The predicted molar refractivity (Wildman–Crippen MR) is 94.4 cm³/mol. The molecular weight excluding hydrogens is 393 g/mol. The molecule has 2 aromatic rings. The van der Waals surface area contributed by atoms with Crippen molar-refractivity contribution in [3.63, 3.8) is 0 Å². The third-order valence-corrected chi connectivity index (χ3v) is 6.08. The number of halogens is 1. The summed E-state index contributed by atoms with van der Waals surface area (Å²) < 4.78 is 50.8. The van der Waals surface area contributed by atoms with Crippen LogP contribution >= 0.6 is 0 Å². The summed E-state index contributed by atoms with van der Waals surface area (Å²) in [6, 6.07) is 4.33. The number of benzene rings is 1. The molecule has 0 unspecified atom stereocenters. The van der Waals surface area contributed by atoms with Gasteiger partial charge in [-0.15, -0.1) is 0 Å². The molecule has 0 saturated carbocycles. The van der Waals surface area contributed by atoms with E-state index >= 15 is 0 Å². The Labute approximate surface area is 160 Å². The molecule has 1 saturated heterocycles. The summed E-state index contributed by atoms with van der Waals surface area (Å²) in [5, 5.41) is 0. The molecule has 1 fully saturated rings. The van der Waals surface area contributed by atoms with Crippen molar-refractivity contribution < 1.29 is 31.6 Å². The van der Waals surface area contributed by atoms with Crippen LogP contribution < -0.4 is 10.9 Å². The van der Waals surface area contributed by atoms with Crippen molar-refractivity contribution in [2.75, 3.05) is 26.3 Å². The molecule has 0 atom stereocenters. The molecule has 3 rings (SSSR count). The van der Waals surface area contributed by atoms with E-state index in [1.165, 1.54) is 16.6 Å². The third-order valence-electron chi connectivity index (χ3n) is 4.18. The minimum atomic E-state index is -3.90. The molecule has 0 spiro atoms. The second kappa shape index (κ2) is 8.09. The fourth-order valence-electron chi connectivity index (χ4n) is 2.64. The zero-order chi connectivity index (χ0) is 20.3. The number of nitrogens with zero attached hydrogens (tertiary/aromatic N) is 1. The second-order valence-electron chi connectivity index (χ2n) is 5.96. The molecule has 9 nitrogen and oxygen atoms in total. The van der Waals surface area contributed by atoms with Crippen LogP contribution in [0.4, 0.5) is 4.39 Å². The predicted octanol–water partition coefficient (Wildman–Crippen LogP) is 0.823. The first-order valence-corrected chi connectivity index (χ1v) is 9.77. The van der Waals surface area contributed by atoms with Gasteiger partial charge in [0.15, 0.2) is 0 Å². The van der Waals surface area contributed by atoms with Gasteiger partial charge in [-0.05, 0) is 31.2 Å². The third kappa shape index (κ3) is 4.06. The maximum Gasteiger partial charge on any atom is 0.273 e. The molecule has 2 N–H and O–H groups in total. The number of aryl methyl sites for hydroxylation is 1. The Hall–Kier alpha value is -2.76. The topological polar surface area (TPSA) is 118 Å². The first-order valence-electron chi connectivity index (χ1n) is 8.33. The van der Waals surface area contributed by atoms with Crippen molar-refractivity contribution in [3.05, 3.63) is 53.2 Å². The van der Waals surface area contributed by atoms with Crippen molar-refractivity contribution in [1.29, 1.82) is 0 Å². The van der Waals surface area contributed by atoms with Crippen LogP contribution in [0.2, 0.25) is 0 Å². The van der Waals surface area contributed by atoms with Crippen LogP contribution in [-0.2, 0) is 14.8 Å². The van der Waals surface area contributed by atoms with Crippen molar-refractivity contribution in [3.8, 4) is 0 Å². The molecule has 0 bridgehead atoms. The Balaban J connectivity index is 1.76. The lowest BCUT2D eigenvalue weighted by atomic mass is 10.2. The summed E-state index contributed by atoms with van der Waals surface area (Å²) in [5.74, 6) is -2.23. The van der Waals surface area contributed by atoms with E-state index in [0.717, 1.165) is 18.2 Å². The van der Waals surface area contributed by atoms with Crippen LogP contribution in [-0.4, -0.2) is 50.8 Å². The zero-order valence-corrected chi connectivity index (χ0v) is 15.7. The van der Waals surface area contributed by atoms with Gasteiger partial charge in [0.25, 0.3) is 11.8 Å². The van der Waals surface area contributed by atoms with Gasteiger partial charge in [0.2, 0.25) is 10.0 Å². The number of hydrazine groups is 1. The molecular formula is C17H18FN3O6S. The fraction of sp³-hybridized carbons (Fsp3) is 0.294. The van der Waals surface area contributed by atoms with E-state index in [4.69, 9.17) is 9.15 Å². The number of carbonyl (C=O) groups excluding carboxylic acids is 2. The number of hydrogen-bond acceptors (Lipinski definition) is 6. The number of carbonyl (C=O) groups is 2. The summed E-state index contributed by atoms with van der Waals surface area (Å²) >= 11 is 0. The van der Waals surface area contributed by atoms with E-state index in [-0.39, 0.29) is 36.8 Å². The zero-order valence-electron chi connectivity index (χ0n) is 14.9. The van der Waals surface area contributed by atoms with Crippen LogP contribution in [0.25, 0.3) is 0 Å². The lowest BCUT2D eigenvalue weighted by Crippen LogP contribution is -2.42. The normalized spacial score (nSPS) is 15.2. The highest BCUT2D eigenvalue weighted by atomic mass is 32.2. The average molecular weight is 411 g/mol. The number of rotatable bonds is 4. The molecule has 2 heterocycles. The van der Waals surface area contributed by atoms with Gasteiger partial charge in [-0.1, -0.05) is 0 Å². The first kappa shape index (κ1) is 20.0. The summed E-state index contributed by atoms with van der Waals surface area (Å²) in [6.07, 6.45) is 1.31.